The number of hydrogen-bond donors (Lipinski definition) is 3. The van der Waals surface area contributed by atoms with Gasteiger partial charge in [0.05, 0.1) is 30.5 Å². The molecule has 2 aromatic heterocycles. The van der Waals surface area contributed by atoms with Gasteiger partial charge in [-0.1, -0.05) is 18.2 Å². The minimum absolute atomic E-state index is 0.248. The van der Waals surface area contributed by atoms with Crippen LogP contribution < -0.4 is 16.4 Å². The Kier molecular flexibility index (Phi) is 6.37. The van der Waals surface area contributed by atoms with Gasteiger partial charge >= 0.3 is 0 Å². The Hall–Kier alpha value is -3.56. The van der Waals surface area contributed by atoms with Gasteiger partial charge in [0.25, 0.3) is 5.91 Å². The molecule has 9 heteroatoms. The van der Waals surface area contributed by atoms with Crippen molar-refractivity contribution in [3.8, 4) is 0 Å². The van der Waals surface area contributed by atoms with Crippen molar-refractivity contribution in [3.63, 3.8) is 0 Å². The standard InChI is InChI=1S/C25H27FN6O2/c26-19-3-1-2-17-5-6-20(24(17)19)30-21-12-23(29-14-18(21)25(27)33)31-22-7-4-16(13-28-22)15-32-8-10-34-11-9-32/h1-4,7,12-14,20H,5-6,8-11,15H2,(H2,27,33)(H2,28,29,30,31). The number of pyridine rings is 2. The van der Waals surface area contributed by atoms with E-state index in [1.807, 2.05) is 24.4 Å². The van der Waals surface area contributed by atoms with E-state index in [-0.39, 0.29) is 17.4 Å². The van der Waals surface area contributed by atoms with Crippen LogP contribution in [0.1, 0.15) is 39.5 Å². The van der Waals surface area contributed by atoms with Crippen LogP contribution in [-0.2, 0) is 17.7 Å². The molecular weight excluding hydrogens is 435 g/mol. The summed E-state index contributed by atoms with van der Waals surface area (Å²) in [6.45, 7) is 4.18. The summed E-state index contributed by atoms with van der Waals surface area (Å²) in [6.07, 6.45) is 4.77. The van der Waals surface area contributed by atoms with Crippen LogP contribution in [0.2, 0.25) is 0 Å². The zero-order chi connectivity index (χ0) is 23.5. The minimum Gasteiger partial charge on any atom is -0.379 e. The smallest absolute Gasteiger partial charge is 0.252 e. The fourth-order valence-corrected chi connectivity index (χ4v) is 4.55. The fraction of sp³-hybridized carbons (Fsp3) is 0.320. The maximum Gasteiger partial charge on any atom is 0.252 e. The zero-order valence-corrected chi connectivity index (χ0v) is 18.8. The molecule has 1 fully saturated rings. The van der Waals surface area contributed by atoms with Crippen LogP contribution in [0, 0.1) is 5.82 Å². The highest BCUT2D eigenvalue weighted by Crippen LogP contribution is 2.36. The second-order valence-corrected chi connectivity index (χ2v) is 8.59. The van der Waals surface area contributed by atoms with Gasteiger partial charge in [0.1, 0.15) is 17.5 Å². The lowest BCUT2D eigenvalue weighted by molar-refractivity contribution is 0.0341. The van der Waals surface area contributed by atoms with Crippen molar-refractivity contribution in [1.82, 2.24) is 14.9 Å². The average Bonchev–Trinajstić information content (AvgIpc) is 3.25. The highest BCUT2D eigenvalue weighted by atomic mass is 19.1. The summed E-state index contributed by atoms with van der Waals surface area (Å²) in [4.78, 5) is 23.2. The molecule has 1 aliphatic carbocycles. The van der Waals surface area contributed by atoms with Gasteiger partial charge in [-0.3, -0.25) is 9.69 Å². The minimum atomic E-state index is -0.598. The maximum absolute atomic E-state index is 14.5. The van der Waals surface area contributed by atoms with Crippen molar-refractivity contribution in [2.75, 3.05) is 36.9 Å². The number of nitrogens with two attached hydrogens (primary N) is 1. The molecule has 0 spiro atoms. The maximum atomic E-state index is 14.5. The Bertz CT molecular complexity index is 1180. The molecule has 1 aliphatic heterocycles. The number of aryl methyl sites for hydroxylation is 1. The first-order valence-electron chi connectivity index (χ1n) is 11.4. The summed E-state index contributed by atoms with van der Waals surface area (Å²) in [5, 5.41) is 6.49. The summed E-state index contributed by atoms with van der Waals surface area (Å²) in [7, 11) is 0. The molecule has 1 amide bonds. The molecule has 3 aromatic rings. The van der Waals surface area contributed by atoms with E-state index in [1.54, 1.807) is 12.1 Å². The van der Waals surface area contributed by atoms with Crippen LogP contribution in [0.5, 0.6) is 0 Å². The van der Waals surface area contributed by atoms with Crippen LogP contribution in [0.3, 0.4) is 0 Å². The molecule has 0 radical (unpaired) electrons. The molecule has 2 aliphatic rings. The molecule has 8 nitrogen and oxygen atoms in total. The van der Waals surface area contributed by atoms with Crippen LogP contribution in [0.4, 0.5) is 21.7 Å². The largest absolute Gasteiger partial charge is 0.379 e. The molecule has 0 saturated carbocycles. The lowest BCUT2D eigenvalue weighted by Crippen LogP contribution is -2.35. The molecule has 34 heavy (non-hydrogen) atoms. The number of carbonyl (C=O) groups is 1. The Morgan fingerprint density at radius 3 is 2.74 bits per heavy atom. The number of rotatable bonds is 7. The molecule has 1 aromatic carbocycles. The Labute approximate surface area is 197 Å². The van der Waals surface area contributed by atoms with Gasteiger partial charge in [-0.05, 0) is 36.1 Å². The second-order valence-electron chi connectivity index (χ2n) is 8.59. The Morgan fingerprint density at radius 2 is 1.97 bits per heavy atom. The van der Waals surface area contributed by atoms with Crippen LogP contribution in [-0.4, -0.2) is 47.1 Å². The highest BCUT2D eigenvalue weighted by molar-refractivity contribution is 5.98. The van der Waals surface area contributed by atoms with Gasteiger partial charge in [-0.2, -0.15) is 0 Å². The Morgan fingerprint density at radius 1 is 1.15 bits per heavy atom. The number of carbonyl (C=O) groups excluding carboxylic acids is 1. The van der Waals surface area contributed by atoms with Gasteiger partial charge in [-0.25, -0.2) is 14.4 Å². The van der Waals surface area contributed by atoms with E-state index in [1.165, 1.54) is 12.3 Å². The monoisotopic (exact) mass is 462 g/mol. The molecule has 3 heterocycles. The second kappa shape index (κ2) is 9.74. The number of nitrogens with one attached hydrogen (secondary N) is 2. The third-order valence-electron chi connectivity index (χ3n) is 6.28. The summed E-state index contributed by atoms with van der Waals surface area (Å²) in [6, 6.07) is 10.5. The number of morpholine rings is 1. The predicted octanol–water partition coefficient (Wildman–Crippen LogP) is 3.39. The summed E-state index contributed by atoms with van der Waals surface area (Å²) in [5.41, 5.74) is 9.07. The number of ether oxygens (including phenoxy) is 1. The number of halogens is 1. The normalized spacial score (nSPS) is 17.9. The van der Waals surface area contributed by atoms with Crippen molar-refractivity contribution in [1.29, 1.82) is 0 Å². The first-order valence-corrected chi connectivity index (χ1v) is 11.4. The molecule has 1 saturated heterocycles. The van der Waals surface area contributed by atoms with Crippen molar-refractivity contribution < 1.29 is 13.9 Å². The van der Waals surface area contributed by atoms with Crippen molar-refractivity contribution in [2.45, 2.75) is 25.4 Å². The fourth-order valence-electron chi connectivity index (χ4n) is 4.55. The highest BCUT2D eigenvalue weighted by Gasteiger charge is 2.27. The number of hydrogen-bond acceptors (Lipinski definition) is 7. The lowest BCUT2D eigenvalue weighted by Gasteiger charge is -2.26. The first-order chi connectivity index (χ1) is 16.6. The lowest BCUT2D eigenvalue weighted by atomic mass is 10.1. The van der Waals surface area contributed by atoms with E-state index < -0.39 is 5.91 Å². The summed E-state index contributed by atoms with van der Waals surface area (Å²) < 4.78 is 19.9. The summed E-state index contributed by atoms with van der Waals surface area (Å²) >= 11 is 0. The molecule has 1 atom stereocenters. The van der Waals surface area contributed by atoms with E-state index in [0.29, 0.717) is 22.9 Å². The first kappa shape index (κ1) is 22.2. The van der Waals surface area contributed by atoms with E-state index >= 15 is 0 Å². The average molecular weight is 463 g/mol. The third kappa shape index (κ3) is 4.85. The van der Waals surface area contributed by atoms with Gasteiger partial charge in [0.15, 0.2) is 0 Å². The third-order valence-corrected chi connectivity index (χ3v) is 6.28. The molecular formula is C25H27FN6O2. The van der Waals surface area contributed by atoms with Crippen molar-refractivity contribution >= 4 is 23.2 Å². The van der Waals surface area contributed by atoms with Gasteiger partial charge in [-0.15, -0.1) is 0 Å². The number of nitrogens with zero attached hydrogens (tertiary/aromatic N) is 3. The number of aromatic nitrogens is 2. The molecule has 0 bridgehead atoms. The number of anilines is 3. The van der Waals surface area contributed by atoms with Crippen LogP contribution >= 0.6 is 0 Å². The predicted molar refractivity (Wildman–Crippen MR) is 127 cm³/mol. The quantitative estimate of drug-likeness (QED) is 0.494. The van der Waals surface area contributed by atoms with Crippen LogP contribution in [0.15, 0.2) is 48.8 Å². The SMILES string of the molecule is NC(=O)c1cnc(Nc2ccc(CN3CCOCC3)cn2)cc1NC1CCc2cccc(F)c21. The zero-order valence-electron chi connectivity index (χ0n) is 18.8. The van der Waals surface area contributed by atoms with Gasteiger partial charge in [0, 0.05) is 43.7 Å². The number of primary amides is 1. The topological polar surface area (TPSA) is 105 Å². The molecule has 4 N–H and O–H groups in total. The summed E-state index contributed by atoms with van der Waals surface area (Å²) in [5.74, 6) is 0.293. The van der Waals surface area contributed by atoms with Gasteiger partial charge < -0.3 is 21.1 Å². The van der Waals surface area contributed by atoms with Crippen molar-refractivity contribution in [2.24, 2.45) is 5.73 Å². The number of benzene rings is 1. The molecule has 1 unspecified atom stereocenters. The van der Waals surface area contributed by atoms with Crippen LogP contribution in [0.25, 0.3) is 0 Å². The molecule has 176 valence electrons. The van der Waals surface area contributed by atoms with E-state index in [9.17, 15) is 9.18 Å². The number of amides is 1. The van der Waals surface area contributed by atoms with Crippen molar-refractivity contribution in [3.05, 3.63) is 76.9 Å². The number of fused-ring (bicyclic) bond motifs is 1. The Balaban J connectivity index is 1.32. The van der Waals surface area contributed by atoms with E-state index in [2.05, 4.69) is 25.5 Å². The van der Waals surface area contributed by atoms with Gasteiger partial charge in [0.2, 0.25) is 0 Å². The molecule has 5 rings (SSSR count). The van der Waals surface area contributed by atoms with E-state index in [4.69, 9.17) is 10.5 Å². The van der Waals surface area contributed by atoms with E-state index in [0.717, 1.165) is 56.8 Å².